The first kappa shape index (κ1) is 10.4. The largest absolute Gasteiger partial charge is 0.392 e. The second kappa shape index (κ2) is 4.59. The molecule has 1 saturated carbocycles. The molecule has 0 amide bonds. The summed E-state index contributed by atoms with van der Waals surface area (Å²) in [5.74, 6) is 0. The maximum absolute atomic E-state index is 9.77. The van der Waals surface area contributed by atoms with E-state index >= 15 is 0 Å². The van der Waals surface area contributed by atoms with E-state index in [1.807, 2.05) is 6.92 Å². The lowest BCUT2D eigenvalue weighted by atomic mass is 9.97. The molecule has 1 N–H and O–H groups in total. The number of hydrogen-bond acceptors (Lipinski definition) is 5. The maximum atomic E-state index is 9.77. The first-order chi connectivity index (χ1) is 6.75. The summed E-state index contributed by atoms with van der Waals surface area (Å²) < 4.78 is 0.994. The van der Waals surface area contributed by atoms with Gasteiger partial charge in [-0.05, 0) is 19.8 Å². The first-order valence-corrected chi connectivity index (χ1v) is 6.60. The van der Waals surface area contributed by atoms with Crippen molar-refractivity contribution in [3.63, 3.8) is 0 Å². The SMILES string of the molecule is Cc1nnc(S[C@@H]2CCCC[C@H]2O)s1. The second-order valence-electron chi connectivity index (χ2n) is 3.60. The molecule has 1 aliphatic carbocycles. The predicted octanol–water partition coefficient (Wildman–Crippen LogP) is 2.24. The van der Waals surface area contributed by atoms with Crippen LogP contribution in [0.3, 0.4) is 0 Å². The number of aryl methyl sites for hydroxylation is 1. The zero-order chi connectivity index (χ0) is 9.97. The Balaban J connectivity index is 1.95. The number of rotatable bonds is 2. The van der Waals surface area contributed by atoms with E-state index in [4.69, 9.17) is 0 Å². The Morgan fingerprint density at radius 1 is 1.36 bits per heavy atom. The number of aromatic nitrogens is 2. The number of thioether (sulfide) groups is 1. The van der Waals surface area contributed by atoms with Crippen LogP contribution in [0.2, 0.25) is 0 Å². The minimum atomic E-state index is -0.155. The van der Waals surface area contributed by atoms with Crippen LogP contribution in [-0.4, -0.2) is 26.7 Å². The molecule has 0 aliphatic heterocycles. The molecule has 0 aromatic carbocycles. The van der Waals surface area contributed by atoms with Crippen molar-refractivity contribution in [3.8, 4) is 0 Å². The predicted molar refractivity (Wildman–Crippen MR) is 58.8 cm³/mol. The Hall–Kier alpha value is -0.130. The van der Waals surface area contributed by atoms with Gasteiger partial charge in [-0.25, -0.2) is 0 Å². The summed E-state index contributed by atoms with van der Waals surface area (Å²) in [7, 11) is 0. The Morgan fingerprint density at radius 2 is 2.14 bits per heavy atom. The summed E-state index contributed by atoms with van der Waals surface area (Å²) in [4.78, 5) is 0. The van der Waals surface area contributed by atoms with Crippen molar-refractivity contribution >= 4 is 23.1 Å². The quantitative estimate of drug-likeness (QED) is 0.846. The molecule has 0 spiro atoms. The minimum Gasteiger partial charge on any atom is -0.392 e. The topological polar surface area (TPSA) is 46.0 Å². The van der Waals surface area contributed by atoms with E-state index in [0.717, 1.165) is 28.6 Å². The normalized spacial score (nSPS) is 27.9. The summed E-state index contributed by atoms with van der Waals surface area (Å²) in [6, 6.07) is 0. The molecule has 1 fully saturated rings. The fraction of sp³-hybridized carbons (Fsp3) is 0.778. The summed E-state index contributed by atoms with van der Waals surface area (Å²) in [6.45, 7) is 1.96. The van der Waals surface area contributed by atoms with Gasteiger partial charge in [0.15, 0.2) is 4.34 Å². The highest BCUT2D eigenvalue weighted by Crippen LogP contribution is 2.34. The van der Waals surface area contributed by atoms with Crippen LogP contribution in [0.1, 0.15) is 30.7 Å². The lowest BCUT2D eigenvalue weighted by Crippen LogP contribution is -2.26. The van der Waals surface area contributed by atoms with Crippen molar-refractivity contribution < 1.29 is 5.11 Å². The molecule has 2 atom stereocenters. The average molecular weight is 230 g/mol. The van der Waals surface area contributed by atoms with E-state index in [1.165, 1.54) is 6.42 Å². The van der Waals surface area contributed by atoms with Gasteiger partial charge < -0.3 is 5.11 Å². The standard InChI is InChI=1S/C9H14N2OS2/c1-6-10-11-9(13-6)14-8-5-3-2-4-7(8)12/h7-8,12H,2-5H2,1H3/t7-,8-/m1/s1. The van der Waals surface area contributed by atoms with Crippen LogP contribution in [0, 0.1) is 6.92 Å². The van der Waals surface area contributed by atoms with Gasteiger partial charge in [0, 0.05) is 5.25 Å². The summed E-state index contributed by atoms with van der Waals surface area (Å²) in [6.07, 6.45) is 4.28. The third-order valence-corrected chi connectivity index (χ3v) is 4.74. The molecule has 3 nitrogen and oxygen atoms in total. The summed E-state index contributed by atoms with van der Waals surface area (Å²) >= 11 is 3.30. The lowest BCUT2D eigenvalue weighted by Gasteiger charge is -2.25. The van der Waals surface area contributed by atoms with Gasteiger partial charge in [-0.1, -0.05) is 35.9 Å². The maximum Gasteiger partial charge on any atom is 0.174 e. The summed E-state index contributed by atoms with van der Waals surface area (Å²) in [5.41, 5.74) is 0. The van der Waals surface area contributed by atoms with Gasteiger partial charge in [0.1, 0.15) is 5.01 Å². The molecule has 5 heteroatoms. The van der Waals surface area contributed by atoms with E-state index in [1.54, 1.807) is 23.1 Å². The van der Waals surface area contributed by atoms with Crippen molar-refractivity contribution in [1.82, 2.24) is 10.2 Å². The zero-order valence-corrected chi connectivity index (χ0v) is 9.77. The van der Waals surface area contributed by atoms with Crippen LogP contribution >= 0.6 is 23.1 Å². The zero-order valence-electron chi connectivity index (χ0n) is 8.14. The molecule has 0 saturated heterocycles. The van der Waals surface area contributed by atoms with Crippen LogP contribution < -0.4 is 0 Å². The lowest BCUT2D eigenvalue weighted by molar-refractivity contribution is 0.137. The summed E-state index contributed by atoms with van der Waals surface area (Å²) in [5, 5.41) is 19.1. The van der Waals surface area contributed by atoms with Gasteiger partial charge in [-0.2, -0.15) is 0 Å². The number of aliphatic hydroxyl groups excluding tert-OH is 1. The molecule has 1 heterocycles. The Kier molecular flexibility index (Phi) is 3.41. The molecule has 2 rings (SSSR count). The fourth-order valence-corrected chi connectivity index (χ4v) is 3.94. The fourth-order valence-electron chi connectivity index (χ4n) is 1.67. The van der Waals surface area contributed by atoms with E-state index < -0.39 is 0 Å². The molecule has 1 aliphatic rings. The van der Waals surface area contributed by atoms with Gasteiger partial charge >= 0.3 is 0 Å². The minimum absolute atomic E-state index is 0.155. The molecule has 78 valence electrons. The highest BCUT2D eigenvalue weighted by atomic mass is 32.2. The molecular weight excluding hydrogens is 216 g/mol. The van der Waals surface area contributed by atoms with E-state index in [-0.39, 0.29) is 6.10 Å². The first-order valence-electron chi connectivity index (χ1n) is 4.90. The van der Waals surface area contributed by atoms with Crippen molar-refractivity contribution in [1.29, 1.82) is 0 Å². The number of hydrogen-bond donors (Lipinski definition) is 1. The monoisotopic (exact) mass is 230 g/mol. The van der Waals surface area contributed by atoms with Crippen molar-refractivity contribution in [2.45, 2.75) is 48.3 Å². The molecule has 0 bridgehead atoms. The van der Waals surface area contributed by atoms with Gasteiger partial charge in [0.25, 0.3) is 0 Å². The smallest absolute Gasteiger partial charge is 0.174 e. The molecule has 1 aromatic heterocycles. The third kappa shape index (κ3) is 2.46. The van der Waals surface area contributed by atoms with E-state index in [0.29, 0.717) is 5.25 Å². The number of nitrogens with zero attached hydrogens (tertiary/aromatic N) is 2. The Morgan fingerprint density at radius 3 is 2.79 bits per heavy atom. The highest BCUT2D eigenvalue weighted by Gasteiger charge is 2.24. The third-order valence-electron chi connectivity index (χ3n) is 2.43. The molecule has 0 radical (unpaired) electrons. The van der Waals surface area contributed by atoms with Gasteiger partial charge in [-0.3, -0.25) is 0 Å². The molecule has 14 heavy (non-hydrogen) atoms. The van der Waals surface area contributed by atoms with E-state index in [2.05, 4.69) is 10.2 Å². The Labute approximate surface area is 91.9 Å². The van der Waals surface area contributed by atoms with Crippen molar-refractivity contribution in [2.75, 3.05) is 0 Å². The van der Waals surface area contributed by atoms with Crippen LogP contribution in [0.5, 0.6) is 0 Å². The molecular formula is C9H14N2OS2. The number of aliphatic hydroxyl groups is 1. The molecule has 0 unspecified atom stereocenters. The average Bonchev–Trinajstić information content (AvgIpc) is 2.56. The van der Waals surface area contributed by atoms with Crippen LogP contribution in [0.25, 0.3) is 0 Å². The Bertz CT molecular complexity index is 303. The highest BCUT2D eigenvalue weighted by molar-refractivity contribution is 8.01. The van der Waals surface area contributed by atoms with Gasteiger partial charge in [0.2, 0.25) is 0 Å². The molecule has 1 aromatic rings. The van der Waals surface area contributed by atoms with E-state index in [9.17, 15) is 5.11 Å². The van der Waals surface area contributed by atoms with Crippen LogP contribution in [-0.2, 0) is 0 Å². The van der Waals surface area contributed by atoms with Gasteiger partial charge in [-0.15, -0.1) is 10.2 Å². The van der Waals surface area contributed by atoms with Crippen molar-refractivity contribution in [2.24, 2.45) is 0 Å². The second-order valence-corrected chi connectivity index (χ2v) is 6.26. The van der Waals surface area contributed by atoms with Crippen LogP contribution in [0.4, 0.5) is 0 Å². The van der Waals surface area contributed by atoms with Gasteiger partial charge in [0.05, 0.1) is 6.10 Å². The van der Waals surface area contributed by atoms with Crippen LogP contribution in [0.15, 0.2) is 4.34 Å². The van der Waals surface area contributed by atoms with Crippen molar-refractivity contribution in [3.05, 3.63) is 5.01 Å².